The summed E-state index contributed by atoms with van der Waals surface area (Å²) in [6.45, 7) is 1.70. The van der Waals surface area contributed by atoms with Crippen LogP contribution in [0.2, 0.25) is 0 Å². The standard InChI is InChI=1S/C14H17N3OS2/c19-14(15-8-12-4-3-7-18-12)20-10-11-9-17-6-2-1-5-13(17)16-11/h1-2,5-6,9,12H,3-4,7-8,10H2,(H,15,19)/t12-/m1/s1. The number of pyridine rings is 1. The maximum Gasteiger partial charge on any atom is 0.137 e. The van der Waals surface area contributed by atoms with Crippen LogP contribution in [0.4, 0.5) is 0 Å². The van der Waals surface area contributed by atoms with Gasteiger partial charge < -0.3 is 14.5 Å². The van der Waals surface area contributed by atoms with Gasteiger partial charge in [0.25, 0.3) is 0 Å². The van der Waals surface area contributed by atoms with Crippen LogP contribution in [0.1, 0.15) is 18.5 Å². The van der Waals surface area contributed by atoms with Crippen LogP contribution in [0, 0.1) is 0 Å². The van der Waals surface area contributed by atoms with E-state index in [0.717, 1.165) is 47.4 Å². The summed E-state index contributed by atoms with van der Waals surface area (Å²) in [4.78, 5) is 4.55. The molecule has 1 N–H and O–H groups in total. The third kappa shape index (κ3) is 3.50. The van der Waals surface area contributed by atoms with E-state index in [0.29, 0.717) is 6.10 Å². The zero-order chi connectivity index (χ0) is 13.8. The molecular weight excluding hydrogens is 290 g/mol. The second-order valence-electron chi connectivity index (χ2n) is 4.79. The van der Waals surface area contributed by atoms with Crippen LogP contribution in [0.3, 0.4) is 0 Å². The molecule has 1 atom stereocenters. The summed E-state index contributed by atoms with van der Waals surface area (Å²) < 4.78 is 8.40. The Kier molecular flexibility index (Phi) is 4.54. The monoisotopic (exact) mass is 307 g/mol. The molecule has 3 heterocycles. The summed E-state index contributed by atoms with van der Waals surface area (Å²) in [5, 5.41) is 3.26. The number of thiocarbonyl (C=S) groups is 1. The first-order valence-corrected chi connectivity index (χ1v) is 8.15. The fourth-order valence-electron chi connectivity index (χ4n) is 2.25. The first-order chi connectivity index (χ1) is 9.81. The molecule has 106 valence electrons. The van der Waals surface area contributed by atoms with Gasteiger partial charge in [-0.3, -0.25) is 0 Å². The highest BCUT2D eigenvalue weighted by Crippen LogP contribution is 2.15. The van der Waals surface area contributed by atoms with Crippen molar-refractivity contribution in [3.05, 3.63) is 36.3 Å². The normalized spacial score (nSPS) is 18.5. The zero-order valence-electron chi connectivity index (χ0n) is 11.1. The molecule has 2 aromatic heterocycles. The first-order valence-electron chi connectivity index (χ1n) is 6.76. The van der Waals surface area contributed by atoms with Crippen LogP contribution in [0.15, 0.2) is 30.6 Å². The number of fused-ring (bicyclic) bond motifs is 1. The Bertz CT molecular complexity index is 560. The Hall–Kier alpha value is -1.11. The van der Waals surface area contributed by atoms with Crippen molar-refractivity contribution >= 4 is 33.9 Å². The van der Waals surface area contributed by atoms with Crippen LogP contribution >= 0.6 is 24.0 Å². The van der Waals surface area contributed by atoms with Gasteiger partial charge in [-0.05, 0) is 25.0 Å². The first kappa shape index (κ1) is 13.9. The third-order valence-electron chi connectivity index (χ3n) is 3.26. The molecule has 1 fully saturated rings. The topological polar surface area (TPSA) is 38.6 Å². The average molecular weight is 307 g/mol. The lowest BCUT2D eigenvalue weighted by atomic mass is 10.2. The Morgan fingerprint density at radius 3 is 3.30 bits per heavy atom. The summed E-state index contributed by atoms with van der Waals surface area (Å²) in [7, 11) is 0. The van der Waals surface area contributed by atoms with Gasteiger partial charge in [-0.25, -0.2) is 4.98 Å². The summed E-state index contributed by atoms with van der Waals surface area (Å²) in [6, 6.07) is 5.99. The molecule has 1 saturated heterocycles. The lowest BCUT2D eigenvalue weighted by Crippen LogP contribution is -2.28. The van der Waals surface area contributed by atoms with Gasteiger partial charge in [-0.1, -0.05) is 30.0 Å². The second-order valence-corrected chi connectivity index (χ2v) is 6.44. The van der Waals surface area contributed by atoms with E-state index in [2.05, 4.69) is 10.3 Å². The molecule has 0 aromatic carbocycles. The number of nitrogens with one attached hydrogen (secondary N) is 1. The SMILES string of the molecule is S=C(NC[C@H]1CCCO1)SCc1cn2ccccc2n1. The smallest absolute Gasteiger partial charge is 0.137 e. The number of nitrogens with zero attached hydrogens (tertiary/aromatic N) is 2. The third-order valence-corrected chi connectivity index (χ3v) is 4.61. The van der Waals surface area contributed by atoms with E-state index in [1.54, 1.807) is 11.8 Å². The molecule has 3 rings (SSSR count). The van der Waals surface area contributed by atoms with Crippen LogP contribution < -0.4 is 5.32 Å². The molecule has 4 nitrogen and oxygen atoms in total. The molecule has 0 unspecified atom stereocenters. The molecule has 0 bridgehead atoms. The highest BCUT2D eigenvalue weighted by Gasteiger charge is 2.15. The van der Waals surface area contributed by atoms with E-state index in [1.165, 1.54) is 0 Å². The van der Waals surface area contributed by atoms with Gasteiger partial charge in [0.2, 0.25) is 0 Å². The summed E-state index contributed by atoms with van der Waals surface area (Å²) in [5.41, 5.74) is 2.02. The number of aromatic nitrogens is 2. The van der Waals surface area contributed by atoms with E-state index in [4.69, 9.17) is 17.0 Å². The van der Waals surface area contributed by atoms with Crippen LogP contribution in [-0.2, 0) is 10.5 Å². The van der Waals surface area contributed by atoms with E-state index in [1.807, 2.05) is 35.0 Å². The van der Waals surface area contributed by atoms with Gasteiger partial charge in [-0.15, -0.1) is 0 Å². The molecular formula is C14H17N3OS2. The zero-order valence-corrected chi connectivity index (χ0v) is 12.8. The lowest BCUT2D eigenvalue weighted by molar-refractivity contribution is 0.114. The molecule has 0 spiro atoms. The fraction of sp³-hybridized carbons (Fsp3) is 0.429. The molecule has 1 aliphatic heterocycles. The van der Waals surface area contributed by atoms with Crippen molar-refractivity contribution in [1.29, 1.82) is 0 Å². The van der Waals surface area contributed by atoms with E-state index in [-0.39, 0.29) is 0 Å². The average Bonchev–Trinajstić information content (AvgIpc) is 3.11. The minimum Gasteiger partial charge on any atom is -0.376 e. The van der Waals surface area contributed by atoms with Crippen molar-refractivity contribution in [2.75, 3.05) is 13.2 Å². The molecule has 2 aromatic rings. The van der Waals surface area contributed by atoms with Crippen LogP contribution in [-0.4, -0.2) is 33.0 Å². The molecule has 0 aliphatic carbocycles. The van der Waals surface area contributed by atoms with Crippen molar-refractivity contribution < 1.29 is 4.74 Å². The quantitative estimate of drug-likeness (QED) is 0.879. The van der Waals surface area contributed by atoms with Gasteiger partial charge in [0.1, 0.15) is 9.97 Å². The Morgan fingerprint density at radius 1 is 1.55 bits per heavy atom. The van der Waals surface area contributed by atoms with Gasteiger partial charge in [0, 0.05) is 31.3 Å². The van der Waals surface area contributed by atoms with Crippen LogP contribution in [0.25, 0.3) is 5.65 Å². The Balaban J connectivity index is 1.47. The van der Waals surface area contributed by atoms with Gasteiger partial charge >= 0.3 is 0 Å². The van der Waals surface area contributed by atoms with Crippen molar-refractivity contribution in [2.24, 2.45) is 0 Å². The number of thioether (sulfide) groups is 1. The predicted molar refractivity (Wildman–Crippen MR) is 86.1 cm³/mol. The molecule has 1 aliphatic rings. The van der Waals surface area contributed by atoms with Crippen molar-refractivity contribution in [1.82, 2.24) is 14.7 Å². The van der Waals surface area contributed by atoms with Crippen molar-refractivity contribution in [3.63, 3.8) is 0 Å². The number of hydrogen-bond donors (Lipinski definition) is 1. The van der Waals surface area contributed by atoms with E-state index >= 15 is 0 Å². The number of ether oxygens (including phenoxy) is 1. The van der Waals surface area contributed by atoms with Gasteiger partial charge in [0.15, 0.2) is 0 Å². The summed E-state index contributed by atoms with van der Waals surface area (Å²) in [5.74, 6) is 0.791. The lowest BCUT2D eigenvalue weighted by Gasteiger charge is -2.11. The highest BCUT2D eigenvalue weighted by atomic mass is 32.2. The second kappa shape index (κ2) is 6.56. The maximum atomic E-state index is 5.56. The Labute approximate surface area is 127 Å². The molecule has 0 amide bonds. The molecule has 0 radical (unpaired) electrons. The fourth-order valence-corrected chi connectivity index (χ4v) is 3.11. The van der Waals surface area contributed by atoms with E-state index in [9.17, 15) is 0 Å². The van der Waals surface area contributed by atoms with Gasteiger partial charge in [0.05, 0.1) is 11.8 Å². The van der Waals surface area contributed by atoms with Crippen molar-refractivity contribution in [2.45, 2.75) is 24.7 Å². The summed E-state index contributed by atoms with van der Waals surface area (Å²) >= 11 is 6.95. The highest BCUT2D eigenvalue weighted by molar-refractivity contribution is 8.22. The van der Waals surface area contributed by atoms with Crippen LogP contribution in [0.5, 0.6) is 0 Å². The van der Waals surface area contributed by atoms with Crippen molar-refractivity contribution in [3.8, 4) is 0 Å². The Morgan fingerprint density at radius 2 is 2.50 bits per heavy atom. The molecule has 20 heavy (non-hydrogen) atoms. The number of rotatable bonds is 4. The molecule has 0 saturated carbocycles. The summed E-state index contributed by atoms with van der Waals surface area (Å²) in [6.07, 6.45) is 6.67. The van der Waals surface area contributed by atoms with E-state index < -0.39 is 0 Å². The minimum absolute atomic E-state index is 0.323. The minimum atomic E-state index is 0.323. The number of imidazole rings is 1. The van der Waals surface area contributed by atoms with Gasteiger partial charge in [-0.2, -0.15) is 0 Å². The largest absolute Gasteiger partial charge is 0.376 e. The predicted octanol–water partition coefficient (Wildman–Crippen LogP) is 2.62. The maximum absolute atomic E-state index is 5.56. The number of hydrogen-bond acceptors (Lipinski definition) is 4. The molecule has 6 heteroatoms.